The second kappa shape index (κ2) is 7.57. The van der Waals surface area contributed by atoms with Crippen LogP contribution in [0.4, 0.5) is 4.39 Å². The van der Waals surface area contributed by atoms with Gasteiger partial charge in [-0.25, -0.2) is 4.39 Å². The average Bonchev–Trinajstić information content (AvgIpc) is 3.28. The molecule has 136 valence electrons. The van der Waals surface area contributed by atoms with Gasteiger partial charge in [-0.15, -0.1) is 0 Å². The van der Waals surface area contributed by atoms with Gasteiger partial charge in [0.2, 0.25) is 5.91 Å². The molecule has 1 aliphatic carbocycles. The highest BCUT2D eigenvalue weighted by Gasteiger charge is 2.35. The van der Waals surface area contributed by atoms with Crippen molar-refractivity contribution in [2.75, 3.05) is 13.1 Å². The smallest absolute Gasteiger partial charge is 0.237 e. The number of aryl methyl sites for hydroxylation is 2. The van der Waals surface area contributed by atoms with E-state index in [2.05, 4.69) is 35.9 Å². The summed E-state index contributed by atoms with van der Waals surface area (Å²) >= 11 is 0. The number of nitriles is 1. The van der Waals surface area contributed by atoms with Crippen LogP contribution in [0, 0.1) is 31.1 Å². The van der Waals surface area contributed by atoms with Gasteiger partial charge in [0.05, 0.1) is 19.2 Å². The van der Waals surface area contributed by atoms with Crippen molar-refractivity contribution in [3.63, 3.8) is 0 Å². The molecule has 0 radical (unpaired) electrons. The van der Waals surface area contributed by atoms with Crippen LogP contribution in [0.15, 0.2) is 12.1 Å². The summed E-state index contributed by atoms with van der Waals surface area (Å²) < 4.78 is 15.8. The van der Waals surface area contributed by atoms with Crippen molar-refractivity contribution in [3.8, 4) is 6.07 Å². The first-order chi connectivity index (χ1) is 12.0. The lowest BCUT2D eigenvalue weighted by molar-refractivity contribution is -0.130. The summed E-state index contributed by atoms with van der Waals surface area (Å²) in [6.07, 6.45) is 2.34. The molecule has 1 saturated carbocycles. The second-order valence-corrected chi connectivity index (χ2v) is 7.51. The highest BCUT2D eigenvalue weighted by atomic mass is 19.1. The van der Waals surface area contributed by atoms with Crippen LogP contribution in [-0.4, -0.2) is 46.7 Å². The highest BCUT2D eigenvalue weighted by molar-refractivity contribution is 5.79. The van der Waals surface area contributed by atoms with Gasteiger partial charge in [0, 0.05) is 30.4 Å². The minimum Gasteiger partial charge on any atom is -0.349 e. The monoisotopic (exact) mass is 346 g/mol. The van der Waals surface area contributed by atoms with Crippen molar-refractivity contribution in [2.24, 2.45) is 5.92 Å². The normalized spacial score (nSPS) is 29.1. The zero-order chi connectivity index (χ0) is 18.0. The number of likely N-dealkylation sites (tertiary alicyclic amines) is 1. The molecular weight excluding hydrogens is 319 g/mol. The van der Waals surface area contributed by atoms with Crippen molar-refractivity contribution in [3.05, 3.63) is 23.5 Å². The van der Waals surface area contributed by atoms with Gasteiger partial charge >= 0.3 is 0 Å². The fraction of sp³-hybridized carbons (Fsp3) is 0.684. The number of nitrogens with zero attached hydrogens (tertiary/aromatic N) is 3. The van der Waals surface area contributed by atoms with E-state index in [0.717, 1.165) is 25.8 Å². The van der Waals surface area contributed by atoms with E-state index in [1.54, 1.807) is 0 Å². The van der Waals surface area contributed by atoms with Crippen LogP contribution in [-0.2, 0) is 11.3 Å². The number of rotatable bonds is 5. The van der Waals surface area contributed by atoms with Gasteiger partial charge in [0.1, 0.15) is 12.2 Å². The highest BCUT2D eigenvalue weighted by Crippen LogP contribution is 2.28. The number of amides is 1. The fourth-order valence-electron chi connectivity index (χ4n) is 4.19. The first-order valence-corrected chi connectivity index (χ1v) is 9.17. The third-order valence-corrected chi connectivity index (χ3v) is 5.66. The van der Waals surface area contributed by atoms with Gasteiger partial charge in [0.25, 0.3) is 0 Å². The molecule has 1 amide bonds. The lowest BCUT2D eigenvalue weighted by Crippen LogP contribution is -2.43. The molecule has 1 N–H and O–H groups in total. The molecule has 2 fully saturated rings. The summed E-state index contributed by atoms with van der Waals surface area (Å²) in [6.45, 7) is 5.55. The van der Waals surface area contributed by atoms with Crippen molar-refractivity contribution in [1.82, 2.24) is 14.8 Å². The molecular formula is C19H27FN4O. The first-order valence-electron chi connectivity index (χ1n) is 9.17. The van der Waals surface area contributed by atoms with Crippen molar-refractivity contribution in [2.45, 2.75) is 64.3 Å². The lowest BCUT2D eigenvalue weighted by Gasteiger charge is -2.21. The van der Waals surface area contributed by atoms with Crippen molar-refractivity contribution < 1.29 is 9.18 Å². The van der Waals surface area contributed by atoms with E-state index in [-0.39, 0.29) is 25.4 Å². The minimum absolute atomic E-state index is 0.0538. The van der Waals surface area contributed by atoms with Crippen LogP contribution in [0.2, 0.25) is 0 Å². The molecule has 5 nitrogen and oxygen atoms in total. The van der Waals surface area contributed by atoms with Gasteiger partial charge in [-0.3, -0.25) is 4.79 Å². The van der Waals surface area contributed by atoms with E-state index >= 15 is 0 Å². The van der Waals surface area contributed by atoms with Gasteiger partial charge in [-0.05, 0) is 51.2 Å². The number of carbonyl (C=O) groups excluding carboxylic acids is 1. The first kappa shape index (κ1) is 17.9. The van der Waals surface area contributed by atoms with Crippen LogP contribution in [0.5, 0.6) is 0 Å². The van der Waals surface area contributed by atoms with Crippen molar-refractivity contribution in [1.29, 1.82) is 5.26 Å². The molecule has 1 aromatic heterocycles. The Morgan fingerprint density at radius 2 is 2.04 bits per heavy atom. The third kappa shape index (κ3) is 4.04. The summed E-state index contributed by atoms with van der Waals surface area (Å²) in [5.41, 5.74) is 2.59. The molecule has 4 atom stereocenters. The SMILES string of the molecule is Cc1ccc(C)n1CC1CCC(NCC(=O)N2CC(F)CC2C#N)C1. The Hall–Kier alpha value is -1.87. The Labute approximate surface area is 148 Å². The largest absolute Gasteiger partial charge is 0.349 e. The van der Waals surface area contributed by atoms with E-state index in [9.17, 15) is 9.18 Å². The summed E-state index contributed by atoms with van der Waals surface area (Å²) in [7, 11) is 0. The predicted octanol–water partition coefficient (Wildman–Crippen LogP) is 2.33. The number of aromatic nitrogens is 1. The van der Waals surface area contributed by atoms with E-state index < -0.39 is 12.2 Å². The molecule has 0 bridgehead atoms. The van der Waals surface area contributed by atoms with Crippen LogP contribution >= 0.6 is 0 Å². The molecule has 25 heavy (non-hydrogen) atoms. The van der Waals surface area contributed by atoms with Crippen LogP contribution in [0.25, 0.3) is 0 Å². The van der Waals surface area contributed by atoms with Gasteiger partial charge in [0.15, 0.2) is 0 Å². The quantitative estimate of drug-likeness (QED) is 0.890. The molecule has 1 aromatic rings. The number of hydrogen-bond donors (Lipinski definition) is 1. The molecule has 3 rings (SSSR count). The van der Waals surface area contributed by atoms with Gasteiger partial charge < -0.3 is 14.8 Å². The second-order valence-electron chi connectivity index (χ2n) is 7.51. The lowest BCUT2D eigenvalue weighted by atomic mass is 10.1. The summed E-state index contributed by atoms with van der Waals surface area (Å²) in [5.74, 6) is 0.457. The maximum atomic E-state index is 13.4. The Kier molecular flexibility index (Phi) is 5.43. The Balaban J connectivity index is 1.46. The Morgan fingerprint density at radius 1 is 1.32 bits per heavy atom. The summed E-state index contributed by atoms with van der Waals surface area (Å²) in [5, 5.41) is 12.4. The maximum Gasteiger partial charge on any atom is 0.237 e. The molecule has 2 aliphatic rings. The van der Waals surface area contributed by atoms with Gasteiger partial charge in [-0.1, -0.05) is 0 Å². The molecule has 1 saturated heterocycles. The van der Waals surface area contributed by atoms with Crippen LogP contribution < -0.4 is 5.32 Å². The van der Waals surface area contributed by atoms with E-state index in [4.69, 9.17) is 5.26 Å². The molecule has 4 unspecified atom stereocenters. The van der Waals surface area contributed by atoms with E-state index in [0.29, 0.717) is 12.0 Å². The molecule has 1 aliphatic heterocycles. The summed E-state index contributed by atoms with van der Waals surface area (Å²) in [6, 6.07) is 6.05. The number of alkyl halides is 1. The third-order valence-electron chi connectivity index (χ3n) is 5.66. The van der Waals surface area contributed by atoms with E-state index in [1.165, 1.54) is 16.3 Å². The zero-order valence-corrected chi connectivity index (χ0v) is 15.0. The summed E-state index contributed by atoms with van der Waals surface area (Å²) in [4.78, 5) is 13.7. The molecule has 6 heteroatoms. The fourth-order valence-corrected chi connectivity index (χ4v) is 4.19. The van der Waals surface area contributed by atoms with Crippen LogP contribution in [0.3, 0.4) is 0 Å². The van der Waals surface area contributed by atoms with Crippen LogP contribution in [0.1, 0.15) is 37.1 Å². The standard InChI is InChI=1S/C19H27FN4O/c1-13-3-4-14(2)23(13)11-15-5-6-17(7-15)22-10-19(25)24-12-16(20)8-18(24)9-21/h3-4,15-18,22H,5-8,10-12H2,1-2H3. The number of halogens is 1. The van der Waals surface area contributed by atoms with Crippen molar-refractivity contribution >= 4 is 5.91 Å². The zero-order valence-electron chi connectivity index (χ0n) is 15.0. The number of carbonyl (C=O) groups is 1. The molecule has 0 spiro atoms. The average molecular weight is 346 g/mol. The van der Waals surface area contributed by atoms with E-state index in [1.807, 2.05) is 6.07 Å². The molecule has 0 aromatic carbocycles. The Bertz CT molecular complexity index is 645. The topological polar surface area (TPSA) is 61.1 Å². The maximum absolute atomic E-state index is 13.4. The Morgan fingerprint density at radius 3 is 2.72 bits per heavy atom. The number of hydrogen-bond acceptors (Lipinski definition) is 3. The number of nitrogens with one attached hydrogen (secondary N) is 1. The van der Waals surface area contributed by atoms with Gasteiger partial charge in [-0.2, -0.15) is 5.26 Å². The minimum atomic E-state index is -1.07. The molecule has 2 heterocycles. The predicted molar refractivity (Wildman–Crippen MR) is 93.7 cm³/mol.